The lowest BCUT2D eigenvalue weighted by Crippen LogP contribution is -2.47. The number of halogens is 1. The average molecular weight is 366 g/mol. The molecule has 0 radical (unpaired) electrons. The van der Waals surface area contributed by atoms with Gasteiger partial charge in [-0.15, -0.1) is 0 Å². The third kappa shape index (κ3) is 4.11. The minimum Gasteiger partial charge on any atom is -0.481 e. The molecule has 0 saturated carbocycles. The second-order valence-electron chi connectivity index (χ2n) is 4.67. The van der Waals surface area contributed by atoms with Crippen molar-refractivity contribution in [2.45, 2.75) is 13.0 Å². The molecule has 2 N–H and O–H groups in total. The third-order valence-corrected chi connectivity index (χ3v) is 3.36. The van der Waals surface area contributed by atoms with Crippen LogP contribution in [0.1, 0.15) is 17.4 Å². The van der Waals surface area contributed by atoms with E-state index in [1.807, 2.05) is 18.2 Å². The number of nitrogens with one attached hydrogen (secondary N) is 2. The van der Waals surface area contributed by atoms with Crippen LogP contribution >= 0.6 is 15.9 Å². The highest BCUT2D eigenvalue weighted by molar-refractivity contribution is 9.10. The van der Waals surface area contributed by atoms with Gasteiger partial charge in [0.1, 0.15) is 11.4 Å². The van der Waals surface area contributed by atoms with Crippen molar-refractivity contribution in [3.05, 3.63) is 52.8 Å². The van der Waals surface area contributed by atoms with Gasteiger partial charge in [-0.05, 0) is 41.1 Å². The number of hydrogen-bond acceptors (Lipinski definition) is 3. The van der Waals surface area contributed by atoms with Crippen LogP contribution < -0.4 is 15.6 Å². The number of benzene rings is 1. The molecule has 0 aliphatic carbocycles. The number of aryl methyl sites for hydroxylation is 1. The molecule has 2 aromatic rings. The number of aromatic nitrogens is 1. The number of para-hydroxylation sites is 1. The molecule has 0 fully saturated rings. The quantitative estimate of drug-likeness (QED) is 0.814. The van der Waals surface area contributed by atoms with Crippen LogP contribution in [0.3, 0.4) is 0 Å². The van der Waals surface area contributed by atoms with E-state index in [0.29, 0.717) is 11.4 Å². The van der Waals surface area contributed by atoms with Crippen molar-refractivity contribution in [2.24, 2.45) is 7.05 Å². The summed E-state index contributed by atoms with van der Waals surface area (Å²) in [6.07, 6.45) is 1.01. The molecule has 1 unspecified atom stereocenters. The predicted molar refractivity (Wildman–Crippen MR) is 85.3 cm³/mol. The lowest BCUT2D eigenvalue weighted by Gasteiger charge is -2.15. The Morgan fingerprint density at radius 2 is 1.91 bits per heavy atom. The first-order chi connectivity index (χ1) is 10.5. The monoisotopic (exact) mass is 365 g/mol. The van der Waals surface area contributed by atoms with Gasteiger partial charge >= 0.3 is 0 Å². The fraction of sp³-hybridized carbons (Fsp3) is 0.200. The number of hydrogen-bond donors (Lipinski definition) is 2. The van der Waals surface area contributed by atoms with Gasteiger partial charge in [0.25, 0.3) is 11.8 Å². The number of amides is 2. The summed E-state index contributed by atoms with van der Waals surface area (Å²) in [5.41, 5.74) is 5.12. The van der Waals surface area contributed by atoms with Crippen molar-refractivity contribution < 1.29 is 14.3 Å². The SMILES string of the molecule is CC(Oc1ccccc1)C(=O)NNC(=O)c1cc(Br)cn1C. The van der Waals surface area contributed by atoms with Crippen molar-refractivity contribution in [3.8, 4) is 5.75 Å². The lowest BCUT2D eigenvalue weighted by molar-refractivity contribution is -0.128. The minimum absolute atomic E-state index is 0.409. The maximum Gasteiger partial charge on any atom is 0.286 e. The van der Waals surface area contributed by atoms with Crippen molar-refractivity contribution >= 4 is 27.7 Å². The number of ether oxygens (including phenoxy) is 1. The van der Waals surface area contributed by atoms with Crippen LogP contribution in [0, 0.1) is 0 Å². The fourth-order valence-electron chi connectivity index (χ4n) is 1.79. The van der Waals surface area contributed by atoms with Gasteiger partial charge in [-0.3, -0.25) is 20.4 Å². The van der Waals surface area contributed by atoms with E-state index in [1.165, 1.54) is 0 Å². The molecule has 0 aliphatic heterocycles. The summed E-state index contributed by atoms with van der Waals surface area (Å²) in [5.74, 6) is -0.262. The highest BCUT2D eigenvalue weighted by Gasteiger charge is 2.17. The van der Waals surface area contributed by atoms with Gasteiger partial charge in [0.15, 0.2) is 6.10 Å². The van der Waals surface area contributed by atoms with Crippen molar-refractivity contribution in [2.75, 3.05) is 0 Å². The Bertz CT molecular complexity index is 670. The van der Waals surface area contributed by atoms with Crippen LogP contribution in [0.5, 0.6) is 5.75 Å². The Balaban J connectivity index is 1.87. The summed E-state index contributed by atoms with van der Waals surface area (Å²) in [6.45, 7) is 1.60. The van der Waals surface area contributed by atoms with Crippen molar-refractivity contribution in [1.29, 1.82) is 0 Å². The first-order valence-corrected chi connectivity index (χ1v) is 7.40. The van der Waals surface area contributed by atoms with Crippen LogP contribution in [-0.2, 0) is 11.8 Å². The van der Waals surface area contributed by atoms with Gasteiger partial charge in [-0.2, -0.15) is 0 Å². The molecule has 7 heteroatoms. The van der Waals surface area contributed by atoms with E-state index in [2.05, 4.69) is 26.8 Å². The second kappa shape index (κ2) is 7.13. The Morgan fingerprint density at radius 1 is 1.23 bits per heavy atom. The minimum atomic E-state index is -0.733. The van der Waals surface area contributed by atoms with Crippen LogP contribution in [0.15, 0.2) is 47.1 Å². The summed E-state index contributed by atoms with van der Waals surface area (Å²) in [5, 5.41) is 0. The first kappa shape index (κ1) is 16.1. The van der Waals surface area contributed by atoms with E-state index in [9.17, 15) is 9.59 Å². The van der Waals surface area contributed by atoms with E-state index in [1.54, 1.807) is 42.9 Å². The Morgan fingerprint density at radius 3 is 2.50 bits per heavy atom. The summed E-state index contributed by atoms with van der Waals surface area (Å²) in [4.78, 5) is 23.9. The molecule has 0 spiro atoms. The van der Waals surface area contributed by atoms with Crippen molar-refractivity contribution in [3.63, 3.8) is 0 Å². The highest BCUT2D eigenvalue weighted by Crippen LogP contribution is 2.13. The molecule has 22 heavy (non-hydrogen) atoms. The zero-order valence-electron chi connectivity index (χ0n) is 12.2. The van der Waals surface area contributed by atoms with Gasteiger partial charge < -0.3 is 9.30 Å². The molecule has 116 valence electrons. The maximum absolute atomic E-state index is 12.0. The van der Waals surface area contributed by atoms with Gasteiger partial charge in [0, 0.05) is 17.7 Å². The largest absolute Gasteiger partial charge is 0.481 e. The molecule has 6 nitrogen and oxygen atoms in total. The van der Waals surface area contributed by atoms with E-state index in [-0.39, 0.29) is 0 Å². The Labute approximate surface area is 136 Å². The smallest absolute Gasteiger partial charge is 0.286 e. The summed E-state index contributed by atoms with van der Waals surface area (Å²) < 4.78 is 7.90. The van der Waals surface area contributed by atoms with Crippen LogP contribution in [0.25, 0.3) is 0 Å². The number of rotatable bonds is 4. The van der Waals surface area contributed by atoms with E-state index in [0.717, 1.165) is 4.47 Å². The topological polar surface area (TPSA) is 72.4 Å². The normalized spacial score (nSPS) is 11.6. The second-order valence-corrected chi connectivity index (χ2v) is 5.59. The first-order valence-electron chi connectivity index (χ1n) is 6.61. The van der Waals surface area contributed by atoms with E-state index in [4.69, 9.17) is 4.74 Å². The van der Waals surface area contributed by atoms with Gasteiger partial charge in [-0.25, -0.2) is 0 Å². The molecular formula is C15H16BrN3O3. The standard InChI is InChI=1S/C15H16BrN3O3/c1-10(22-12-6-4-3-5-7-12)14(20)17-18-15(21)13-8-11(16)9-19(13)2/h3-10H,1-2H3,(H,17,20)(H,18,21). The molecular weight excluding hydrogens is 350 g/mol. The Hall–Kier alpha value is -2.28. The summed E-state index contributed by atoms with van der Waals surface area (Å²) >= 11 is 3.28. The highest BCUT2D eigenvalue weighted by atomic mass is 79.9. The number of carbonyl (C=O) groups is 2. The molecule has 1 atom stereocenters. The summed E-state index contributed by atoms with van der Waals surface area (Å²) in [6, 6.07) is 10.7. The van der Waals surface area contributed by atoms with Gasteiger partial charge in [0.05, 0.1) is 0 Å². The third-order valence-electron chi connectivity index (χ3n) is 2.93. The van der Waals surface area contributed by atoms with Crippen LogP contribution in [-0.4, -0.2) is 22.5 Å². The fourth-order valence-corrected chi connectivity index (χ4v) is 2.31. The Kier molecular flexibility index (Phi) is 5.21. The molecule has 0 bridgehead atoms. The molecule has 0 aliphatic rings. The predicted octanol–water partition coefficient (Wildman–Crippen LogP) is 2.02. The molecule has 1 aromatic heterocycles. The van der Waals surface area contributed by atoms with Crippen molar-refractivity contribution in [1.82, 2.24) is 15.4 Å². The maximum atomic E-state index is 12.0. The molecule has 2 rings (SSSR count). The molecule has 2 amide bonds. The average Bonchev–Trinajstić information content (AvgIpc) is 2.84. The molecule has 0 saturated heterocycles. The zero-order chi connectivity index (χ0) is 16.1. The molecule has 1 aromatic carbocycles. The molecule has 1 heterocycles. The van der Waals surface area contributed by atoms with E-state index < -0.39 is 17.9 Å². The lowest BCUT2D eigenvalue weighted by atomic mass is 10.3. The van der Waals surface area contributed by atoms with Gasteiger partial charge in [0.2, 0.25) is 0 Å². The van der Waals surface area contributed by atoms with Crippen LogP contribution in [0.2, 0.25) is 0 Å². The van der Waals surface area contributed by atoms with E-state index >= 15 is 0 Å². The van der Waals surface area contributed by atoms with Gasteiger partial charge in [-0.1, -0.05) is 18.2 Å². The van der Waals surface area contributed by atoms with Crippen LogP contribution in [0.4, 0.5) is 0 Å². The zero-order valence-corrected chi connectivity index (χ0v) is 13.8. The number of carbonyl (C=O) groups excluding carboxylic acids is 2. The summed E-state index contributed by atoms with van der Waals surface area (Å²) in [7, 11) is 1.74. The number of nitrogens with zero attached hydrogens (tertiary/aromatic N) is 1. The number of hydrazine groups is 1.